The molecule has 0 radical (unpaired) electrons. The smallest absolute Gasteiger partial charge is 0.322 e. The van der Waals surface area contributed by atoms with Gasteiger partial charge in [-0.3, -0.25) is 14.4 Å². The normalized spacial score (nSPS) is 11.8. The molecule has 39 heavy (non-hydrogen) atoms. The van der Waals surface area contributed by atoms with Crippen LogP contribution in [0.25, 0.3) is 0 Å². The van der Waals surface area contributed by atoms with Crippen LogP contribution in [0, 0.1) is 0 Å². The van der Waals surface area contributed by atoms with Crippen LogP contribution in [-0.4, -0.2) is 35.6 Å². The maximum Gasteiger partial charge on any atom is 0.322 e. The van der Waals surface area contributed by atoms with E-state index in [0.29, 0.717) is 12.8 Å². The van der Waals surface area contributed by atoms with Gasteiger partial charge in [0.15, 0.2) is 0 Å². The number of hydrogen-bond acceptors (Lipinski definition) is 4. The summed E-state index contributed by atoms with van der Waals surface area (Å²) < 4.78 is 5.79. The van der Waals surface area contributed by atoms with Crippen LogP contribution >= 0.6 is 0 Å². The first-order valence-electron chi connectivity index (χ1n) is 16.7. The Labute approximate surface area is 240 Å². The van der Waals surface area contributed by atoms with Crippen molar-refractivity contribution in [1.82, 2.24) is 5.32 Å². The number of nitrogens with one attached hydrogen (secondary N) is 1. The minimum absolute atomic E-state index is 0.0240. The topological polar surface area (TPSA) is 92.7 Å². The number of unbranched alkanes of at least 4 members (excludes halogenated alkanes) is 19. The van der Waals surface area contributed by atoms with E-state index < -0.39 is 5.97 Å². The first-order valence-corrected chi connectivity index (χ1v) is 16.7. The summed E-state index contributed by atoms with van der Waals surface area (Å²) in [5, 5.41) is 11.0. The van der Waals surface area contributed by atoms with E-state index in [9.17, 15) is 14.4 Å². The Morgan fingerprint density at radius 1 is 0.564 bits per heavy atom. The third-order valence-electron chi connectivity index (χ3n) is 7.53. The van der Waals surface area contributed by atoms with Crippen molar-refractivity contribution in [2.24, 2.45) is 0 Å². The second kappa shape index (κ2) is 29.4. The number of carbonyl (C=O) groups is 3. The van der Waals surface area contributed by atoms with Crippen LogP contribution in [0.5, 0.6) is 0 Å². The van der Waals surface area contributed by atoms with E-state index in [4.69, 9.17) is 9.84 Å². The largest absolute Gasteiger partial charge is 0.480 e. The first-order chi connectivity index (χ1) is 19.0. The van der Waals surface area contributed by atoms with Crippen LogP contribution in [0.4, 0.5) is 0 Å². The summed E-state index contributed by atoms with van der Waals surface area (Å²) in [5.41, 5.74) is 0. The second-order valence-electron chi connectivity index (χ2n) is 11.4. The highest BCUT2D eigenvalue weighted by atomic mass is 16.5. The van der Waals surface area contributed by atoms with E-state index >= 15 is 0 Å². The quantitative estimate of drug-likeness (QED) is 0.0683. The Kier molecular flexibility index (Phi) is 28.2. The Hall–Kier alpha value is -1.59. The standard InChI is InChI=1S/C33H63NO5/c1-3-5-7-8-9-10-11-12-13-14-15-16-17-18-19-20-24-28-33(38)39-30(25-6-4-2)26-22-21-23-27-31(35)34-29-32(36)37/h30H,3-29H2,1-2H3,(H,34,35)(H,36,37). The van der Waals surface area contributed by atoms with Crippen molar-refractivity contribution in [3.63, 3.8) is 0 Å². The number of hydrogen-bond donors (Lipinski definition) is 2. The van der Waals surface area contributed by atoms with Crippen molar-refractivity contribution < 1.29 is 24.2 Å². The lowest BCUT2D eigenvalue weighted by Gasteiger charge is -2.18. The maximum absolute atomic E-state index is 12.4. The number of ether oxygens (including phenoxy) is 1. The summed E-state index contributed by atoms with van der Waals surface area (Å²) in [6.07, 6.45) is 29.9. The Morgan fingerprint density at radius 3 is 1.46 bits per heavy atom. The third-order valence-corrected chi connectivity index (χ3v) is 7.53. The average molecular weight is 554 g/mol. The monoisotopic (exact) mass is 553 g/mol. The van der Waals surface area contributed by atoms with Gasteiger partial charge in [0.2, 0.25) is 5.91 Å². The number of aliphatic carboxylic acids is 1. The number of carboxylic acids is 1. The fraction of sp³-hybridized carbons (Fsp3) is 0.909. The average Bonchev–Trinajstić information content (AvgIpc) is 2.91. The van der Waals surface area contributed by atoms with Crippen LogP contribution in [0.1, 0.15) is 181 Å². The predicted molar refractivity (Wildman–Crippen MR) is 162 cm³/mol. The minimum Gasteiger partial charge on any atom is -0.480 e. The van der Waals surface area contributed by atoms with Gasteiger partial charge in [-0.15, -0.1) is 0 Å². The molecular formula is C33H63NO5. The number of carboxylic acid groups (broad SMARTS) is 1. The highest BCUT2D eigenvalue weighted by Gasteiger charge is 2.14. The summed E-state index contributed by atoms with van der Waals surface area (Å²) in [5.74, 6) is -1.32. The van der Waals surface area contributed by atoms with Crippen LogP contribution in [-0.2, 0) is 19.1 Å². The lowest BCUT2D eigenvalue weighted by atomic mass is 10.0. The predicted octanol–water partition coefficient (Wildman–Crippen LogP) is 9.28. The van der Waals surface area contributed by atoms with Crippen molar-refractivity contribution >= 4 is 17.8 Å². The number of esters is 1. The molecule has 0 bridgehead atoms. The van der Waals surface area contributed by atoms with Gasteiger partial charge in [0, 0.05) is 12.8 Å². The SMILES string of the molecule is CCCCCCCCCCCCCCCCCCCC(=O)OC(CCCC)CCCCCC(=O)NCC(=O)O. The maximum atomic E-state index is 12.4. The molecule has 6 heteroatoms. The molecule has 0 aliphatic rings. The Morgan fingerprint density at radius 2 is 0.974 bits per heavy atom. The van der Waals surface area contributed by atoms with Crippen molar-refractivity contribution in [2.45, 2.75) is 187 Å². The molecule has 1 atom stereocenters. The zero-order valence-corrected chi connectivity index (χ0v) is 25.7. The van der Waals surface area contributed by atoms with Gasteiger partial charge in [0.25, 0.3) is 0 Å². The summed E-state index contributed by atoms with van der Waals surface area (Å²) in [7, 11) is 0. The third kappa shape index (κ3) is 29.2. The number of amides is 1. The molecule has 0 heterocycles. The van der Waals surface area contributed by atoms with Gasteiger partial charge in [0.1, 0.15) is 12.6 Å². The summed E-state index contributed by atoms with van der Waals surface area (Å²) in [6.45, 7) is 4.10. The summed E-state index contributed by atoms with van der Waals surface area (Å²) in [6, 6.07) is 0. The number of rotatable bonds is 30. The van der Waals surface area contributed by atoms with Gasteiger partial charge in [-0.1, -0.05) is 136 Å². The molecule has 0 aromatic rings. The van der Waals surface area contributed by atoms with E-state index in [2.05, 4.69) is 19.2 Å². The summed E-state index contributed by atoms with van der Waals surface area (Å²) >= 11 is 0. The first kappa shape index (κ1) is 37.4. The van der Waals surface area contributed by atoms with E-state index in [1.807, 2.05) is 0 Å². The molecular weight excluding hydrogens is 490 g/mol. The highest BCUT2D eigenvalue weighted by Crippen LogP contribution is 2.17. The Bertz CT molecular complexity index is 580. The molecule has 0 fully saturated rings. The molecule has 0 saturated carbocycles. The molecule has 230 valence electrons. The van der Waals surface area contributed by atoms with Gasteiger partial charge in [0.05, 0.1) is 0 Å². The molecule has 0 aliphatic carbocycles. The molecule has 0 saturated heterocycles. The molecule has 1 amide bonds. The van der Waals surface area contributed by atoms with Crippen molar-refractivity contribution in [2.75, 3.05) is 6.54 Å². The molecule has 0 spiro atoms. The zero-order chi connectivity index (χ0) is 28.8. The van der Waals surface area contributed by atoms with E-state index in [0.717, 1.165) is 57.8 Å². The van der Waals surface area contributed by atoms with E-state index in [1.165, 1.54) is 96.3 Å². The molecule has 0 aromatic heterocycles. The molecule has 0 rings (SSSR count). The van der Waals surface area contributed by atoms with Crippen LogP contribution in [0.3, 0.4) is 0 Å². The van der Waals surface area contributed by atoms with Crippen LogP contribution in [0.15, 0.2) is 0 Å². The highest BCUT2D eigenvalue weighted by molar-refractivity contribution is 5.80. The van der Waals surface area contributed by atoms with Gasteiger partial charge in [-0.2, -0.15) is 0 Å². The molecule has 6 nitrogen and oxygen atoms in total. The molecule has 2 N–H and O–H groups in total. The van der Waals surface area contributed by atoms with Gasteiger partial charge >= 0.3 is 11.9 Å². The molecule has 0 aromatic carbocycles. The second-order valence-corrected chi connectivity index (χ2v) is 11.4. The van der Waals surface area contributed by atoms with Crippen molar-refractivity contribution in [1.29, 1.82) is 0 Å². The van der Waals surface area contributed by atoms with Crippen LogP contribution < -0.4 is 5.32 Å². The minimum atomic E-state index is -1.03. The van der Waals surface area contributed by atoms with E-state index in [1.54, 1.807) is 0 Å². The lowest BCUT2D eigenvalue weighted by molar-refractivity contribution is -0.150. The summed E-state index contributed by atoms with van der Waals surface area (Å²) in [4.78, 5) is 34.4. The van der Waals surface area contributed by atoms with Crippen molar-refractivity contribution in [3.8, 4) is 0 Å². The van der Waals surface area contributed by atoms with Crippen LogP contribution in [0.2, 0.25) is 0 Å². The fourth-order valence-electron chi connectivity index (χ4n) is 5.03. The Balaban J connectivity index is 3.65. The molecule has 0 aliphatic heterocycles. The van der Waals surface area contributed by atoms with E-state index in [-0.39, 0.29) is 24.5 Å². The fourth-order valence-corrected chi connectivity index (χ4v) is 5.03. The number of carbonyl (C=O) groups excluding carboxylic acids is 2. The van der Waals surface area contributed by atoms with Crippen molar-refractivity contribution in [3.05, 3.63) is 0 Å². The van der Waals surface area contributed by atoms with Gasteiger partial charge in [-0.05, 0) is 32.1 Å². The van der Waals surface area contributed by atoms with Gasteiger partial charge in [-0.25, -0.2) is 0 Å². The molecule has 1 unspecified atom stereocenters. The lowest BCUT2D eigenvalue weighted by Crippen LogP contribution is -2.28. The zero-order valence-electron chi connectivity index (χ0n) is 25.7. The van der Waals surface area contributed by atoms with Gasteiger partial charge < -0.3 is 15.2 Å².